The number of carboxylic acid groups (broad SMARTS) is 1. The van der Waals surface area contributed by atoms with Gasteiger partial charge < -0.3 is 10.4 Å². The fourth-order valence-corrected chi connectivity index (χ4v) is 2.12. The third-order valence-corrected chi connectivity index (χ3v) is 3.28. The van der Waals surface area contributed by atoms with Crippen molar-refractivity contribution in [2.45, 2.75) is 26.3 Å². The molecule has 19 heavy (non-hydrogen) atoms. The van der Waals surface area contributed by atoms with Gasteiger partial charge in [0.25, 0.3) is 0 Å². The minimum Gasteiger partial charge on any atom is -0.480 e. The van der Waals surface area contributed by atoms with E-state index in [0.717, 1.165) is 15.6 Å². The highest BCUT2D eigenvalue weighted by molar-refractivity contribution is 9.10. The highest BCUT2D eigenvalue weighted by Crippen LogP contribution is 2.19. The standard InChI is InChI=1S/C14H16BrNO3/c1-3-12(14(18)19)16-13(17)7-6-10-5-4-9(2)8-11(10)15/h4-8,12H,3H2,1-2H3,(H,16,17)(H,18,19)/t12-/m1/s1. The van der Waals surface area contributed by atoms with E-state index in [9.17, 15) is 9.59 Å². The molecule has 2 N–H and O–H groups in total. The molecule has 4 nitrogen and oxygen atoms in total. The van der Waals surface area contributed by atoms with Gasteiger partial charge in [0.1, 0.15) is 6.04 Å². The van der Waals surface area contributed by atoms with Gasteiger partial charge in [-0.3, -0.25) is 4.79 Å². The lowest BCUT2D eigenvalue weighted by Gasteiger charge is -2.09. The van der Waals surface area contributed by atoms with Gasteiger partial charge in [-0.05, 0) is 36.6 Å². The van der Waals surface area contributed by atoms with Crippen LogP contribution in [0.1, 0.15) is 24.5 Å². The monoisotopic (exact) mass is 325 g/mol. The lowest BCUT2D eigenvalue weighted by molar-refractivity contribution is -0.141. The third-order valence-electron chi connectivity index (χ3n) is 2.59. The summed E-state index contributed by atoms with van der Waals surface area (Å²) in [6, 6.07) is 4.93. The van der Waals surface area contributed by atoms with Crippen molar-refractivity contribution in [3.8, 4) is 0 Å². The summed E-state index contributed by atoms with van der Waals surface area (Å²) in [5.74, 6) is -1.44. The molecule has 0 aromatic heterocycles. The van der Waals surface area contributed by atoms with Crippen molar-refractivity contribution in [2.24, 2.45) is 0 Å². The molecule has 0 radical (unpaired) electrons. The quantitative estimate of drug-likeness (QED) is 0.818. The van der Waals surface area contributed by atoms with Crippen LogP contribution in [0.15, 0.2) is 28.7 Å². The van der Waals surface area contributed by atoms with Gasteiger partial charge in [0, 0.05) is 10.5 Å². The summed E-state index contributed by atoms with van der Waals surface area (Å²) in [5, 5.41) is 11.3. The maximum absolute atomic E-state index is 11.6. The predicted octanol–water partition coefficient (Wildman–Crippen LogP) is 2.75. The summed E-state index contributed by atoms with van der Waals surface area (Å²) < 4.78 is 0.891. The van der Waals surface area contributed by atoms with Crippen LogP contribution in [0.3, 0.4) is 0 Å². The molecule has 1 aromatic rings. The lowest BCUT2D eigenvalue weighted by Crippen LogP contribution is -2.39. The second kappa shape index (κ2) is 7.09. The Labute approximate surface area is 120 Å². The van der Waals surface area contributed by atoms with Gasteiger partial charge in [-0.25, -0.2) is 4.79 Å². The highest BCUT2D eigenvalue weighted by atomic mass is 79.9. The molecule has 102 valence electrons. The first-order valence-corrected chi connectivity index (χ1v) is 6.71. The summed E-state index contributed by atoms with van der Waals surface area (Å²) >= 11 is 3.41. The van der Waals surface area contributed by atoms with Gasteiger partial charge >= 0.3 is 5.97 Å². The number of benzene rings is 1. The minimum absolute atomic E-state index is 0.350. The average Bonchev–Trinajstić information content (AvgIpc) is 2.34. The number of nitrogens with one attached hydrogen (secondary N) is 1. The first-order chi connectivity index (χ1) is 8.93. The fraction of sp³-hybridized carbons (Fsp3) is 0.286. The zero-order valence-corrected chi connectivity index (χ0v) is 12.4. The maximum Gasteiger partial charge on any atom is 0.326 e. The molecule has 1 rings (SSSR count). The van der Waals surface area contributed by atoms with Crippen molar-refractivity contribution >= 4 is 33.9 Å². The Morgan fingerprint density at radius 2 is 2.16 bits per heavy atom. The predicted molar refractivity (Wildman–Crippen MR) is 77.8 cm³/mol. The van der Waals surface area contributed by atoms with Crippen LogP contribution in [0, 0.1) is 6.92 Å². The molecule has 0 spiro atoms. The van der Waals surface area contributed by atoms with E-state index in [1.54, 1.807) is 13.0 Å². The molecular weight excluding hydrogens is 310 g/mol. The molecule has 1 aromatic carbocycles. The number of aryl methyl sites for hydroxylation is 1. The Bertz CT molecular complexity index is 511. The molecule has 1 atom stereocenters. The molecule has 0 aliphatic rings. The molecule has 1 amide bonds. The van der Waals surface area contributed by atoms with Crippen LogP contribution in [0.4, 0.5) is 0 Å². The molecule has 0 saturated carbocycles. The Balaban J connectivity index is 2.70. The topological polar surface area (TPSA) is 66.4 Å². The van der Waals surface area contributed by atoms with Gasteiger partial charge in [-0.2, -0.15) is 0 Å². The first-order valence-electron chi connectivity index (χ1n) is 5.91. The summed E-state index contributed by atoms with van der Waals surface area (Å²) in [5.41, 5.74) is 1.98. The van der Waals surface area contributed by atoms with E-state index in [2.05, 4.69) is 21.2 Å². The fourth-order valence-electron chi connectivity index (χ4n) is 1.49. The Morgan fingerprint density at radius 3 is 2.68 bits per heavy atom. The van der Waals surface area contributed by atoms with E-state index in [1.165, 1.54) is 6.08 Å². The van der Waals surface area contributed by atoms with Crippen LogP contribution in [0.25, 0.3) is 6.08 Å². The van der Waals surface area contributed by atoms with Crippen LogP contribution in [-0.2, 0) is 9.59 Å². The molecule has 0 aliphatic carbocycles. The number of aliphatic carboxylic acids is 1. The van der Waals surface area contributed by atoms with Gasteiger partial charge in [0.2, 0.25) is 5.91 Å². The van der Waals surface area contributed by atoms with E-state index in [-0.39, 0.29) is 0 Å². The molecule has 0 aliphatic heterocycles. The molecule has 0 saturated heterocycles. The Kier molecular flexibility index (Phi) is 5.76. The number of carboxylic acids is 1. The largest absolute Gasteiger partial charge is 0.480 e. The summed E-state index contributed by atoms with van der Waals surface area (Å²) in [4.78, 5) is 22.4. The number of halogens is 1. The number of amides is 1. The first kappa shape index (κ1) is 15.4. The molecule has 0 bridgehead atoms. The van der Waals surface area contributed by atoms with Crippen molar-refractivity contribution in [1.29, 1.82) is 0 Å². The number of hydrogen-bond donors (Lipinski definition) is 2. The normalized spacial score (nSPS) is 12.4. The van der Waals surface area contributed by atoms with Gasteiger partial charge in [-0.1, -0.05) is 35.0 Å². The summed E-state index contributed by atoms with van der Waals surface area (Å²) in [6.45, 7) is 3.68. The molecule has 0 unspecified atom stereocenters. The molecule has 0 heterocycles. The highest BCUT2D eigenvalue weighted by Gasteiger charge is 2.15. The van der Waals surface area contributed by atoms with Crippen LogP contribution in [-0.4, -0.2) is 23.0 Å². The molecule has 5 heteroatoms. The SMILES string of the molecule is CC[C@@H](NC(=O)C=Cc1ccc(C)cc1Br)C(=O)O. The van der Waals surface area contributed by atoms with Crippen LogP contribution in [0.5, 0.6) is 0 Å². The smallest absolute Gasteiger partial charge is 0.326 e. The van der Waals surface area contributed by atoms with Crippen LogP contribution < -0.4 is 5.32 Å². The third kappa shape index (κ3) is 4.87. The summed E-state index contributed by atoms with van der Waals surface area (Å²) in [7, 11) is 0. The van der Waals surface area contributed by atoms with E-state index in [4.69, 9.17) is 5.11 Å². The van der Waals surface area contributed by atoms with Gasteiger partial charge in [0.15, 0.2) is 0 Å². The van der Waals surface area contributed by atoms with Crippen LogP contribution in [0.2, 0.25) is 0 Å². The molecule has 0 fully saturated rings. The van der Waals surface area contributed by atoms with E-state index in [0.29, 0.717) is 6.42 Å². The number of carbonyl (C=O) groups excluding carboxylic acids is 1. The maximum atomic E-state index is 11.6. The van der Waals surface area contributed by atoms with Crippen molar-refractivity contribution in [3.05, 3.63) is 39.9 Å². The number of hydrogen-bond acceptors (Lipinski definition) is 2. The molecular formula is C14H16BrNO3. The van der Waals surface area contributed by atoms with E-state index >= 15 is 0 Å². The van der Waals surface area contributed by atoms with Crippen molar-refractivity contribution < 1.29 is 14.7 Å². The van der Waals surface area contributed by atoms with Crippen molar-refractivity contribution in [1.82, 2.24) is 5.32 Å². The second-order valence-electron chi connectivity index (χ2n) is 4.17. The van der Waals surface area contributed by atoms with Gasteiger partial charge in [0.05, 0.1) is 0 Å². The van der Waals surface area contributed by atoms with Crippen molar-refractivity contribution in [2.75, 3.05) is 0 Å². The Morgan fingerprint density at radius 1 is 1.47 bits per heavy atom. The van der Waals surface area contributed by atoms with E-state index in [1.807, 2.05) is 25.1 Å². The number of carbonyl (C=O) groups is 2. The average molecular weight is 326 g/mol. The zero-order chi connectivity index (χ0) is 14.4. The van der Waals surface area contributed by atoms with Gasteiger partial charge in [-0.15, -0.1) is 0 Å². The second-order valence-corrected chi connectivity index (χ2v) is 5.02. The lowest BCUT2D eigenvalue weighted by atomic mass is 10.1. The Hall–Kier alpha value is -1.62. The van der Waals surface area contributed by atoms with E-state index < -0.39 is 17.9 Å². The minimum atomic E-state index is -1.03. The summed E-state index contributed by atoms with van der Waals surface area (Å²) in [6.07, 6.45) is 3.33. The number of rotatable bonds is 5. The zero-order valence-electron chi connectivity index (χ0n) is 10.8. The van der Waals surface area contributed by atoms with Crippen molar-refractivity contribution in [3.63, 3.8) is 0 Å². The van der Waals surface area contributed by atoms with Crippen LogP contribution >= 0.6 is 15.9 Å².